The molecule has 1 aliphatic carbocycles. The summed E-state index contributed by atoms with van der Waals surface area (Å²) in [5, 5.41) is 12.7. The summed E-state index contributed by atoms with van der Waals surface area (Å²) >= 11 is 0. The Hall–Kier alpha value is -4.03. The quantitative estimate of drug-likeness (QED) is 0.454. The van der Waals surface area contributed by atoms with E-state index in [0.717, 1.165) is 5.56 Å². The van der Waals surface area contributed by atoms with Gasteiger partial charge >= 0.3 is 0 Å². The lowest BCUT2D eigenvalue weighted by Gasteiger charge is -2.18. The number of fused-ring (bicyclic) bond motifs is 4. The van der Waals surface area contributed by atoms with E-state index in [-0.39, 0.29) is 40.6 Å². The number of hydrogen-bond acceptors (Lipinski definition) is 4. The molecular formula is C26H20N2O4. The van der Waals surface area contributed by atoms with Crippen molar-refractivity contribution in [2.75, 3.05) is 6.61 Å². The Morgan fingerprint density at radius 1 is 0.875 bits per heavy atom. The molecular weight excluding hydrogens is 404 g/mol. The van der Waals surface area contributed by atoms with Gasteiger partial charge in [0.15, 0.2) is 5.78 Å². The average molecular weight is 424 g/mol. The van der Waals surface area contributed by atoms with Crippen LogP contribution in [0.2, 0.25) is 0 Å². The van der Waals surface area contributed by atoms with Gasteiger partial charge in [-0.25, -0.2) is 0 Å². The second-order valence-corrected chi connectivity index (χ2v) is 7.80. The highest BCUT2D eigenvalue weighted by Crippen LogP contribution is 2.33. The molecule has 158 valence electrons. The van der Waals surface area contributed by atoms with E-state index in [1.54, 1.807) is 53.1 Å². The molecule has 1 amide bonds. The van der Waals surface area contributed by atoms with Crippen LogP contribution in [0.15, 0.2) is 79.0 Å². The van der Waals surface area contributed by atoms with Crippen LogP contribution in [-0.2, 0) is 6.42 Å². The zero-order chi connectivity index (χ0) is 22.2. The number of carbonyl (C=O) groups excluding carboxylic acids is 3. The summed E-state index contributed by atoms with van der Waals surface area (Å²) in [6.07, 6.45) is 2.12. The first-order valence-electron chi connectivity index (χ1n) is 10.4. The van der Waals surface area contributed by atoms with Crippen LogP contribution in [0.3, 0.4) is 0 Å². The number of benzene rings is 2. The van der Waals surface area contributed by atoms with Crippen molar-refractivity contribution < 1.29 is 19.5 Å². The Labute approximate surface area is 184 Å². The largest absolute Gasteiger partial charge is 0.394 e. The Kier molecular flexibility index (Phi) is 4.92. The molecule has 0 fully saturated rings. The van der Waals surface area contributed by atoms with Crippen LogP contribution in [0.4, 0.5) is 0 Å². The highest BCUT2D eigenvalue weighted by Gasteiger charge is 2.37. The van der Waals surface area contributed by atoms with Gasteiger partial charge in [-0.2, -0.15) is 0 Å². The first-order chi connectivity index (χ1) is 15.6. The average Bonchev–Trinajstić information content (AvgIpc) is 3.18. The summed E-state index contributed by atoms with van der Waals surface area (Å²) in [5.74, 6) is -1.14. The van der Waals surface area contributed by atoms with E-state index in [4.69, 9.17) is 0 Å². The predicted molar refractivity (Wildman–Crippen MR) is 119 cm³/mol. The third-order valence-electron chi connectivity index (χ3n) is 5.81. The Morgan fingerprint density at radius 2 is 1.53 bits per heavy atom. The second-order valence-electron chi connectivity index (χ2n) is 7.80. The number of pyridine rings is 1. The van der Waals surface area contributed by atoms with E-state index in [1.807, 2.05) is 30.3 Å². The molecule has 2 heterocycles. The van der Waals surface area contributed by atoms with Crippen LogP contribution in [0.5, 0.6) is 0 Å². The van der Waals surface area contributed by atoms with Gasteiger partial charge in [0, 0.05) is 17.3 Å². The highest BCUT2D eigenvalue weighted by molar-refractivity contribution is 6.32. The molecule has 6 heteroatoms. The second kappa shape index (κ2) is 7.90. The smallest absolute Gasteiger partial charge is 0.254 e. The van der Waals surface area contributed by atoms with Crippen LogP contribution < -0.4 is 5.32 Å². The van der Waals surface area contributed by atoms with Crippen LogP contribution >= 0.6 is 0 Å². The molecule has 32 heavy (non-hydrogen) atoms. The first kappa shape index (κ1) is 19.9. The normalized spacial score (nSPS) is 13.5. The highest BCUT2D eigenvalue weighted by atomic mass is 16.3. The molecule has 0 bridgehead atoms. The number of ketones is 2. The number of rotatable bonds is 5. The summed E-state index contributed by atoms with van der Waals surface area (Å²) in [6.45, 7) is -0.260. The van der Waals surface area contributed by atoms with Gasteiger partial charge in [0.25, 0.3) is 5.91 Å². The summed E-state index contributed by atoms with van der Waals surface area (Å²) in [4.78, 5) is 40.1. The fourth-order valence-electron chi connectivity index (χ4n) is 4.34. The molecule has 2 aromatic heterocycles. The third-order valence-corrected chi connectivity index (χ3v) is 5.81. The van der Waals surface area contributed by atoms with E-state index in [0.29, 0.717) is 17.5 Å². The number of aliphatic hydroxyl groups excluding tert-OH is 1. The Balaban J connectivity index is 1.60. The van der Waals surface area contributed by atoms with Gasteiger partial charge in [0.1, 0.15) is 5.69 Å². The zero-order valence-corrected chi connectivity index (χ0v) is 17.1. The van der Waals surface area contributed by atoms with Crippen molar-refractivity contribution >= 4 is 23.0 Å². The Morgan fingerprint density at radius 3 is 2.25 bits per heavy atom. The van der Waals surface area contributed by atoms with E-state index in [2.05, 4.69) is 5.32 Å². The molecule has 4 aromatic rings. The monoisotopic (exact) mass is 424 g/mol. The topological polar surface area (TPSA) is 87.9 Å². The van der Waals surface area contributed by atoms with Crippen molar-refractivity contribution in [2.24, 2.45) is 0 Å². The standard InChI is InChI=1S/C26H20N2O4/c29-15-17(14-16-8-2-1-3-9-16)27-26(32)21-20-12-6-7-13-28(20)23-22(21)24(30)18-10-4-5-11-19(18)25(23)31/h1-13,17,29H,14-15H2,(H,27,32). The summed E-state index contributed by atoms with van der Waals surface area (Å²) < 4.78 is 1.60. The third kappa shape index (κ3) is 3.13. The molecule has 0 spiro atoms. The van der Waals surface area contributed by atoms with Crippen molar-refractivity contribution in [3.8, 4) is 0 Å². The first-order valence-corrected chi connectivity index (χ1v) is 10.4. The maximum atomic E-state index is 13.4. The van der Waals surface area contributed by atoms with Gasteiger partial charge in [0.2, 0.25) is 5.78 Å². The lowest BCUT2D eigenvalue weighted by molar-refractivity contribution is 0.0909. The van der Waals surface area contributed by atoms with Gasteiger partial charge in [-0.3, -0.25) is 14.4 Å². The van der Waals surface area contributed by atoms with Gasteiger partial charge < -0.3 is 14.8 Å². The number of aromatic nitrogens is 1. The molecule has 1 unspecified atom stereocenters. The van der Waals surface area contributed by atoms with Gasteiger partial charge in [-0.15, -0.1) is 0 Å². The zero-order valence-electron chi connectivity index (χ0n) is 17.1. The van der Waals surface area contributed by atoms with E-state index >= 15 is 0 Å². The van der Waals surface area contributed by atoms with Crippen molar-refractivity contribution in [1.82, 2.24) is 9.72 Å². The van der Waals surface area contributed by atoms with Gasteiger partial charge in [-0.1, -0.05) is 60.7 Å². The summed E-state index contributed by atoms with van der Waals surface area (Å²) in [5.41, 5.74) is 2.51. The van der Waals surface area contributed by atoms with Crippen LogP contribution in [0.1, 0.15) is 47.9 Å². The van der Waals surface area contributed by atoms with Crippen molar-refractivity contribution in [3.05, 3.63) is 113 Å². The lowest BCUT2D eigenvalue weighted by Crippen LogP contribution is -2.39. The van der Waals surface area contributed by atoms with Gasteiger partial charge in [-0.05, 0) is 24.1 Å². The van der Waals surface area contributed by atoms with E-state index in [9.17, 15) is 19.5 Å². The molecule has 1 atom stereocenters. The fraction of sp³-hybridized carbons (Fsp3) is 0.115. The molecule has 2 N–H and O–H groups in total. The molecule has 2 aromatic carbocycles. The molecule has 6 nitrogen and oxygen atoms in total. The number of nitrogens with one attached hydrogen (secondary N) is 1. The van der Waals surface area contributed by atoms with Crippen molar-refractivity contribution in [3.63, 3.8) is 0 Å². The molecule has 5 rings (SSSR count). The number of nitrogens with zero attached hydrogens (tertiary/aromatic N) is 1. The number of amides is 1. The summed E-state index contributed by atoms with van der Waals surface area (Å²) in [7, 11) is 0. The minimum Gasteiger partial charge on any atom is -0.394 e. The minimum absolute atomic E-state index is 0.105. The lowest BCUT2D eigenvalue weighted by atomic mass is 9.86. The number of carbonyl (C=O) groups is 3. The number of hydrogen-bond donors (Lipinski definition) is 2. The van der Waals surface area contributed by atoms with Crippen LogP contribution in [-0.4, -0.2) is 39.6 Å². The van der Waals surface area contributed by atoms with Gasteiger partial charge in [0.05, 0.1) is 29.3 Å². The maximum absolute atomic E-state index is 13.4. The van der Waals surface area contributed by atoms with Crippen molar-refractivity contribution in [2.45, 2.75) is 12.5 Å². The molecule has 0 saturated carbocycles. The van der Waals surface area contributed by atoms with Crippen molar-refractivity contribution in [1.29, 1.82) is 0 Å². The minimum atomic E-state index is -0.541. The molecule has 0 radical (unpaired) electrons. The maximum Gasteiger partial charge on any atom is 0.254 e. The predicted octanol–water partition coefficient (Wildman–Crippen LogP) is 3.05. The SMILES string of the molecule is O=C1c2ccccc2C(=O)c2c1c(C(=O)NC(CO)Cc1ccccc1)c1ccccn21. The Bertz CT molecular complexity index is 1370. The van der Waals surface area contributed by atoms with Crippen LogP contribution in [0, 0.1) is 0 Å². The fourth-order valence-corrected chi connectivity index (χ4v) is 4.34. The summed E-state index contributed by atoms with van der Waals surface area (Å²) in [6, 6.07) is 20.9. The van der Waals surface area contributed by atoms with Crippen LogP contribution in [0.25, 0.3) is 5.52 Å². The molecule has 0 saturated heterocycles. The van der Waals surface area contributed by atoms with E-state index < -0.39 is 11.9 Å². The number of aliphatic hydroxyl groups is 1. The van der Waals surface area contributed by atoms with E-state index in [1.165, 1.54) is 0 Å². The molecule has 0 aliphatic heterocycles. The molecule has 1 aliphatic rings.